The van der Waals surface area contributed by atoms with Crippen LogP contribution in [-0.4, -0.2) is 24.0 Å². The summed E-state index contributed by atoms with van der Waals surface area (Å²) in [5.74, 6) is -1.57. The maximum atomic E-state index is 12.1. The molecule has 0 aliphatic rings. The smallest absolute Gasteiger partial charge is 0.337 e. The molecule has 0 saturated carbocycles. The van der Waals surface area contributed by atoms with Crippen molar-refractivity contribution in [1.29, 1.82) is 0 Å². The lowest BCUT2D eigenvalue weighted by Gasteiger charge is -2.14. The van der Waals surface area contributed by atoms with E-state index in [1.807, 2.05) is 24.3 Å². The minimum atomic E-state index is -0.643. The van der Waals surface area contributed by atoms with E-state index in [1.165, 1.54) is 7.11 Å². The monoisotopic (exact) mass is 308 g/mol. The zero-order chi connectivity index (χ0) is 16.4. The van der Waals surface area contributed by atoms with Crippen LogP contribution in [0.1, 0.15) is 27.4 Å². The molecule has 23 heavy (non-hydrogen) atoms. The quantitative estimate of drug-likeness (QED) is 0.726. The van der Waals surface area contributed by atoms with Crippen molar-refractivity contribution in [3.05, 3.63) is 71.4 Å². The number of aromatic nitrogens is 1. The van der Waals surface area contributed by atoms with Gasteiger partial charge in [0.05, 0.1) is 18.6 Å². The molecule has 1 atom stereocenters. The number of amides is 1. The van der Waals surface area contributed by atoms with E-state index in [2.05, 4.69) is 4.98 Å². The van der Waals surface area contributed by atoms with Crippen LogP contribution in [0, 0.1) is 0 Å². The molecule has 5 nitrogen and oxygen atoms in total. The van der Waals surface area contributed by atoms with Crippen LogP contribution in [0.15, 0.2) is 54.7 Å². The topological polar surface area (TPSA) is 85.2 Å². The molecular weight excluding hydrogens is 292 g/mol. The number of methoxy groups -OCH3 is 1. The van der Waals surface area contributed by atoms with Crippen molar-refractivity contribution in [3.63, 3.8) is 0 Å². The van der Waals surface area contributed by atoms with Gasteiger partial charge in [0, 0.05) is 17.1 Å². The van der Waals surface area contributed by atoms with Gasteiger partial charge in [-0.1, -0.05) is 30.3 Å². The Balaban J connectivity index is 2.13. The van der Waals surface area contributed by atoms with Gasteiger partial charge in [0.25, 0.3) is 0 Å². The van der Waals surface area contributed by atoms with E-state index >= 15 is 0 Å². The Morgan fingerprint density at radius 2 is 1.91 bits per heavy atom. The summed E-state index contributed by atoms with van der Waals surface area (Å²) < 4.78 is 4.73. The highest BCUT2D eigenvalue weighted by Gasteiger charge is 2.24. The third-order valence-corrected chi connectivity index (χ3v) is 3.86. The van der Waals surface area contributed by atoms with Gasteiger partial charge >= 0.3 is 5.97 Å². The van der Waals surface area contributed by atoms with Crippen molar-refractivity contribution in [2.75, 3.05) is 7.11 Å². The van der Waals surface area contributed by atoms with Gasteiger partial charge in [-0.15, -0.1) is 0 Å². The Bertz CT molecular complexity index is 883. The molecule has 0 aliphatic carbocycles. The summed E-state index contributed by atoms with van der Waals surface area (Å²) in [5, 5.41) is 0.930. The van der Waals surface area contributed by atoms with Crippen molar-refractivity contribution in [2.45, 2.75) is 5.92 Å². The average Bonchev–Trinajstić information content (AvgIpc) is 2.98. The molecule has 0 radical (unpaired) electrons. The number of hydrogen-bond acceptors (Lipinski definition) is 3. The molecule has 3 rings (SSSR count). The lowest BCUT2D eigenvalue weighted by atomic mass is 9.89. The highest BCUT2D eigenvalue weighted by Crippen LogP contribution is 2.31. The number of esters is 1. The highest BCUT2D eigenvalue weighted by molar-refractivity contribution is 5.95. The number of benzene rings is 2. The summed E-state index contributed by atoms with van der Waals surface area (Å²) in [6.45, 7) is 0. The summed E-state index contributed by atoms with van der Waals surface area (Å²) in [6.07, 6.45) is 1.78. The minimum absolute atomic E-state index is 0.385. The zero-order valence-electron chi connectivity index (χ0n) is 12.6. The first-order valence-corrected chi connectivity index (χ1v) is 7.15. The van der Waals surface area contributed by atoms with E-state index in [-0.39, 0.29) is 0 Å². The average molecular weight is 308 g/mol. The fourth-order valence-electron chi connectivity index (χ4n) is 2.79. The number of hydrogen-bond donors (Lipinski definition) is 2. The predicted molar refractivity (Wildman–Crippen MR) is 87.1 cm³/mol. The van der Waals surface area contributed by atoms with Crippen LogP contribution in [0.2, 0.25) is 0 Å². The van der Waals surface area contributed by atoms with Crippen LogP contribution in [0.3, 0.4) is 0 Å². The van der Waals surface area contributed by atoms with Gasteiger partial charge in [-0.2, -0.15) is 0 Å². The Kier molecular flexibility index (Phi) is 3.85. The molecule has 1 aromatic heterocycles. The van der Waals surface area contributed by atoms with Crippen LogP contribution >= 0.6 is 0 Å². The molecule has 0 bridgehead atoms. The fraction of sp³-hybridized carbons (Fsp3) is 0.111. The first-order valence-electron chi connectivity index (χ1n) is 7.15. The van der Waals surface area contributed by atoms with Gasteiger partial charge in [-0.05, 0) is 29.3 Å². The summed E-state index contributed by atoms with van der Waals surface area (Å²) in [7, 11) is 1.32. The van der Waals surface area contributed by atoms with Crippen molar-refractivity contribution >= 4 is 22.8 Å². The van der Waals surface area contributed by atoms with Crippen LogP contribution in [0.5, 0.6) is 0 Å². The second kappa shape index (κ2) is 5.96. The molecular formula is C18H16N2O3. The number of fused-ring (bicyclic) bond motifs is 1. The number of ether oxygens (including phenoxy) is 1. The first-order chi connectivity index (χ1) is 11.1. The highest BCUT2D eigenvalue weighted by atomic mass is 16.5. The maximum absolute atomic E-state index is 12.1. The van der Waals surface area contributed by atoms with Crippen LogP contribution in [-0.2, 0) is 9.53 Å². The van der Waals surface area contributed by atoms with E-state index in [4.69, 9.17) is 10.5 Å². The van der Waals surface area contributed by atoms with Gasteiger partial charge in [-0.3, -0.25) is 4.79 Å². The molecule has 3 aromatic rings. The van der Waals surface area contributed by atoms with E-state index in [0.29, 0.717) is 11.1 Å². The van der Waals surface area contributed by atoms with E-state index in [9.17, 15) is 9.59 Å². The van der Waals surface area contributed by atoms with Crippen molar-refractivity contribution in [1.82, 2.24) is 4.98 Å². The van der Waals surface area contributed by atoms with Gasteiger partial charge in [-0.25, -0.2) is 4.79 Å². The number of para-hydroxylation sites is 1. The number of primary amides is 1. The second-order valence-electron chi connectivity index (χ2n) is 5.24. The fourth-order valence-corrected chi connectivity index (χ4v) is 2.79. The summed E-state index contributed by atoms with van der Waals surface area (Å²) in [6, 6.07) is 14.5. The number of aromatic amines is 1. The number of rotatable bonds is 4. The molecule has 1 amide bonds. The summed E-state index contributed by atoms with van der Waals surface area (Å²) in [4.78, 5) is 26.9. The molecule has 1 unspecified atom stereocenters. The molecule has 0 fully saturated rings. The Labute approximate surface area is 133 Å². The molecule has 0 aliphatic heterocycles. The summed E-state index contributed by atoms with van der Waals surface area (Å²) >= 11 is 0. The van der Waals surface area contributed by atoms with Crippen molar-refractivity contribution < 1.29 is 14.3 Å². The first kappa shape index (κ1) is 14.8. The normalized spacial score (nSPS) is 12.0. The molecule has 116 valence electrons. The molecule has 3 N–H and O–H groups in total. The van der Waals surface area contributed by atoms with Crippen LogP contribution < -0.4 is 5.73 Å². The SMILES string of the molecule is COC(=O)c1cccc(C(C(N)=O)c2c[nH]c3ccccc23)c1. The Hall–Kier alpha value is -3.08. The van der Waals surface area contributed by atoms with Crippen molar-refractivity contribution in [3.8, 4) is 0 Å². The van der Waals surface area contributed by atoms with Gasteiger partial charge in [0.1, 0.15) is 0 Å². The second-order valence-corrected chi connectivity index (χ2v) is 5.24. The number of nitrogens with one attached hydrogen (secondary N) is 1. The van der Waals surface area contributed by atoms with Crippen LogP contribution in [0.4, 0.5) is 0 Å². The molecule has 0 saturated heterocycles. The van der Waals surface area contributed by atoms with Gasteiger partial charge in [0.2, 0.25) is 5.91 Å². The van der Waals surface area contributed by atoms with E-state index < -0.39 is 17.8 Å². The number of carbonyl (C=O) groups is 2. The standard InChI is InChI=1S/C18H16N2O3/c1-23-18(22)12-6-4-5-11(9-12)16(17(19)21)14-10-20-15-8-3-2-7-13(14)15/h2-10,16,20H,1H3,(H2,19,21). The Morgan fingerprint density at radius 3 is 2.65 bits per heavy atom. The lowest BCUT2D eigenvalue weighted by Crippen LogP contribution is -2.22. The number of nitrogens with two attached hydrogens (primary N) is 1. The third-order valence-electron chi connectivity index (χ3n) is 3.86. The van der Waals surface area contributed by atoms with Crippen LogP contribution in [0.25, 0.3) is 10.9 Å². The minimum Gasteiger partial charge on any atom is -0.465 e. The van der Waals surface area contributed by atoms with Gasteiger partial charge in [0.15, 0.2) is 0 Å². The largest absolute Gasteiger partial charge is 0.465 e. The number of carbonyl (C=O) groups excluding carboxylic acids is 2. The molecule has 2 aromatic carbocycles. The Morgan fingerprint density at radius 1 is 1.13 bits per heavy atom. The molecule has 5 heteroatoms. The maximum Gasteiger partial charge on any atom is 0.337 e. The third kappa shape index (κ3) is 2.68. The van der Waals surface area contributed by atoms with Crippen molar-refractivity contribution in [2.24, 2.45) is 5.73 Å². The lowest BCUT2D eigenvalue weighted by molar-refractivity contribution is -0.118. The predicted octanol–water partition coefficient (Wildman–Crippen LogP) is 2.57. The van der Waals surface area contributed by atoms with Gasteiger partial charge < -0.3 is 15.5 Å². The zero-order valence-corrected chi connectivity index (χ0v) is 12.6. The number of H-pyrrole nitrogens is 1. The summed E-state index contributed by atoms with van der Waals surface area (Å²) in [5.41, 5.74) is 8.40. The molecule has 1 heterocycles. The van der Waals surface area contributed by atoms with E-state index in [0.717, 1.165) is 16.5 Å². The van der Waals surface area contributed by atoms with E-state index in [1.54, 1.807) is 30.5 Å². The molecule has 0 spiro atoms.